The lowest BCUT2D eigenvalue weighted by atomic mass is 10.1. The highest BCUT2D eigenvalue weighted by molar-refractivity contribution is 5.79. The quantitative estimate of drug-likeness (QED) is 0.899. The molecule has 0 aliphatic carbocycles. The van der Waals surface area contributed by atoms with Crippen LogP contribution in [0.1, 0.15) is 23.7 Å². The number of likely N-dealkylation sites (tertiary alicyclic amines) is 1. The summed E-state index contributed by atoms with van der Waals surface area (Å²) in [6.45, 7) is 1.58. The van der Waals surface area contributed by atoms with Gasteiger partial charge in [0.25, 0.3) is 0 Å². The van der Waals surface area contributed by atoms with Crippen molar-refractivity contribution >= 4 is 5.91 Å². The minimum atomic E-state index is -4.35. The molecule has 8 heteroatoms. The summed E-state index contributed by atoms with van der Waals surface area (Å²) in [5.74, 6) is 0.672. The van der Waals surface area contributed by atoms with Crippen LogP contribution in [-0.4, -0.2) is 47.6 Å². The molecule has 0 unspecified atom stereocenters. The highest BCUT2D eigenvalue weighted by Gasteiger charge is 2.32. The molecule has 1 aromatic carbocycles. The summed E-state index contributed by atoms with van der Waals surface area (Å²) in [6.07, 6.45) is -2.41. The number of H-pyrrole nitrogens is 1. The van der Waals surface area contributed by atoms with E-state index < -0.39 is 11.7 Å². The third-order valence-corrected chi connectivity index (χ3v) is 4.29. The van der Waals surface area contributed by atoms with Gasteiger partial charge in [0.2, 0.25) is 5.91 Å². The van der Waals surface area contributed by atoms with Crippen LogP contribution in [0.4, 0.5) is 13.2 Å². The number of nitrogens with one attached hydrogen (secondary N) is 1. The van der Waals surface area contributed by atoms with Crippen LogP contribution in [0, 0.1) is 0 Å². The first-order chi connectivity index (χ1) is 11.9. The Morgan fingerprint density at radius 2 is 2.04 bits per heavy atom. The number of imidazole rings is 1. The number of methoxy groups -OCH3 is 1. The maximum atomic E-state index is 12.6. The van der Waals surface area contributed by atoms with Gasteiger partial charge in [0.15, 0.2) is 0 Å². The number of halogens is 3. The number of amides is 1. The fourth-order valence-corrected chi connectivity index (χ4v) is 2.90. The second-order valence-corrected chi connectivity index (χ2v) is 5.99. The molecule has 25 heavy (non-hydrogen) atoms. The Hall–Kier alpha value is -2.35. The number of benzene rings is 1. The van der Waals surface area contributed by atoms with Gasteiger partial charge in [0.1, 0.15) is 5.82 Å². The topological polar surface area (TPSA) is 58.2 Å². The Labute approximate surface area is 142 Å². The first kappa shape index (κ1) is 17.5. The lowest BCUT2D eigenvalue weighted by molar-refractivity contribution is -0.137. The molecule has 3 rings (SSSR count). The number of aromatic amines is 1. The smallest absolute Gasteiger partial charge is 0.383 e. The van der Waals surface area contributed by atoms with E-state index in [0.717, 1.165) is 12.1 Å². The van der Waals surface area contributed by atoms with Gasteiger partial charge < -0.3 is 14.6 Å². The molecule has 0 spiro atoms. The maximum absolute atomic E-state index is 12.6. The van der Waals surface area contributed by atoms with E-state index >= 15 is 0 Å². The standard InChI is InChI=1S/C17H18F3N3O2/c1-25-7-6-23-10-12(8-15(23)24)16-21-9-14(22-16)11-2-4-13(5-3-11)17(18,19)20/h2-5,9,12H,6-8,10H2,1H3,(H,21,22)/t12-/m0/s1. The van der Waals surface area contributed by atoms with Gasteiger partial charge in [-0.25, -0.2) is 4.98 Å². The summed E-state index contributed by atoms with van der Waals surface area (Å²) in [4.78, 5) is 21.2. The minimum absolute atomic E-state index is 0.0486. The van der Waals surface area contributed by atoms with Crippen LogP contribution < -0.4 is 0 Å². The fraction of sp³-hybridized carbons (Fsp3) is 0.412. The van der Waals surface area contributed by atoms with Crippen molar-refractivity contribution in [1.29, 1.82) is 0 Å². The molecular weight excluding hydrogens is 335 g/mol. The summed E-state index contributed by atoms with van der Waals surface area (Å²) in [5.41, 5.74) is 0.560. The van der Waals surface area contributed by atoms with Gasteiger partial charge in [-0.15, -0.1) is 0 Å². The monoisotopic (exact) mass is 353 g/mol. The number of alkyl halides is 3. The van der Waals surface area contributed by atoms with E-state index in [9.17, 15) is 18.0 Å². The lowest BCUT2D eigenvalue weighted by Gasteiger charge is -2.15. The van der Waals surface area contributed by atoms with Crippen LogP contribution in [0.25, 0.3) is 11.3 Å². The minimum Gasteiger partial charge on any atom is -0.383 e. The lowest BCUT2D eigenvalue weighted by Crippen LogP contribution is -2.28. The van der Waals surface area contributed by atoms with Crippen LogP contribution in [-0.2, 0) is 15.7 Å². The predicted octanol–water partition coefficient (Wildman–Crippen LogP) is 3.06. The van der Waals surface area contributed by atoms with Gasteiger partial charge in [0.05, 0.1) is 24.1 Å². The number of nitrogens with zero attached hydrogens (tertiary/aromatic N) is 2. The zero-order valence-electron chi connectivity index (χ0n) is 13.6. The zero-order chi connectivity index (χ0) is 18.0. The Bertz CT molecular complexity index is 740. The molecule has 0 saturated carbocycles. The first-order valence-corrected chi connectivity index (χ1v) is 7.87. The molecular formula is C17H18F3N3O2. The molecule has 0 radical (unpaired) electrons. The van der Waals surface area contributed by atoms with E-state index in [0.29, 0.717) is 43.2 Å². The number of rotatable bonds is 5. The fourth-order valence-electron chi connectivity index (χ4n) is 2.90. The zero-order valence-corrected chi connectivity index (χ0v) is 13.6. The van der Waals surface area contributed by atoms with E-state index in [-0.39, 0.29) is 11.8 Å². The molecule has 2 heterocycles. The van der Waals surface area contributed by atoms with Crippen LogP contribution in [0.3, 0.4) is 0 Å². The number of aromatic nitrogens is 2. The van der Waals surface area contributed by atoms with Gasteiger partial charge in [-0.2, -0.15) is 13.2 Å². The van der Waals surface area contributed by atoms with Crippen molar-refractivity contribution in [2.45, 2.75) is 18.5 Å². The number of carbonyl (C=O) groups excluding carboxylic acids is 1. The first-order valence-electron chi connectivity index (χ1n) is 7.87. The van der Waals surface area contributed by atoms with Gasteiger partial charge in [0, 0.05) is 32.5 Å². The SMILES string of the molecule is COCCN1C[C@@H](c2ncc(-c3ccc(C(F)(F)F)cc3)[nH]2)CC1=O. The van der Waals surface area contributed by atoms with E-state index in [4.69, 9.17) is 4.74 Å². The summed E-state index contributed by atoms with van der Waals surface area (Å²) >= 11 is 0. The summed E-state index contributed by atoms with van der Waals surface area (Å²) in [6, 6.07) is 4.90. The Kier molecular flexibility index (Phi) is 4.80. The second-order valence-electron chi connectivity index (χ2n) is 5.99. The van der Waals surface area contributed by atoms with E-state index in [1.54, 1.807) is 18.2 Å². The molecule has 2 aromatic rings. The summed E-state index contributed by atoms with van der Waals surface area (Å²) < 4.78 is 42.9. The molecule has 1 atom stereocenters. The second kappa shape index (κ2) is 6.87. The molecule has 134 valence electrons. The van der Waals surface area contributed by atoms with Crippen LogP contribution in [0.5, 0.6) is 0 Å². The molecule has 0 bridgehead atoms. The highest BCUT2D eigenvalue weighted by Crippen LogP contribution is 2.31. The Morgan fingerprint density at radius 3 is 2.68 bits per heavy atom. The highest BCUT2D eigenvalue weighted by atomic mass is 19.4. The molecule has 1 aliphatic rings. The van der Waals surface area contributed by atoms with Crippen molar-refractivity contribution in [3.05, 3.63) is 41.9 Å². The third-order valence-electron chi connectivity index (χ3n) is 4.29. The Balaban J connectivity index is 1.72. The van der Waals surface area contributed by atoms with E-state index in [1.165, 1.54) is 12.1 Å². The summed E-state index contributed by atoms with van der Waals surface area (Å²) in [5, 5.41) is 0. The Morgan fingerprint density at radius 1 is 1.32 bits per heavy atom. The number of hydrogen-bond acceptors (Lipinski definition) is 3. The molecule has 1 fully saturated rings. The third kappa shape index (κ3) is 3.84. The van der Waals surface area contributed by atoms with Gasteiger partial charge in [-0.1, -0.05) is 12.1 Å². The maximum Gasteiger partial charge on any atom is 0.416 e. The molecule has 1 saturated heterocycles. The van der Waals surface area contributed by atoms with Crippen molar-refractivity contribution in [1.82, 2.24) is 14.9 Å². The predicted molar refractivity (Wildman–Crippen MR) is 84.8 cm³/mol. The molecule has 1 N–H and O–H groups in total. The molecule has 1 amide bonds. The van der Waals surface area contributed by atoms with Crippen molar-refractivity contribution in [3.8, 4) is 11.3 Å². The van der Waals surface area contributed by atoms with E-state index in [2.05, 4.69) is 9.97 Å². The van der Waals surface area contributed by atoms with Gasteiger partial charge in [-0.3, -0.25) is 4.79 Å². The van der Waals surface area contributed by atoms with Crippen LogP contribution in [0.2, 0.25) is 0 Å². The van der Waals surface area contributed by atoms with Crippen molar-refractivity contribution in [2.75, 3.05) is 26.8 Å². The average Bonchev–Trinajstić information content (AvgIpc) is 3.19. The molecule has 1 aromatic heterocycles. The largest absolute Gasteiger partial charge is 0.416 e. The summed E-state index contributed by atoms with van der Waals surface area (Å²) in [7, 11) is 1.58. The van der Waals surface area contributed by atoms with Crippen molar-refractivity contribution < 1.29 is 22.7 Å². The van der Waals surface area contributed by atoms with Crippen LogP contribution in [0.15, 0.2) is 30.5 Å². The van der Waals surface area contributed by atoms with Crippen molar-refractivity contribution in [2.24, 2.45) is 0 Å². The van der Waals surface area contributed by atoms with Gasteiger partial charge in [-0.05, 0) is 17.7 Å². The van der Waals surface area contributed by atoms with Crippen molar-refractivity contribution in [3.63, 3.8) is 0 Å². The van der Waals surface area contributed by atoms with Gasteiger partial charge >= 0.3 is 6.18 Å². The van der Waals surface area contributed by atoms with E-state index in [1.807, 2.05) is 0 Å². The molecule has 1 aliphatic heterocycles. The number of ether oxygens (including phenoxy) is 1. The number of hydrogen-bond donors (Lipinski definition) is 1. The average molecular weight is 353 g/mol. The molecule has 5 nitrogen and oxygen atoms in total. The normalized spacial score (nSPS) is 18.2. The number of carbonyl (C=O) groups is 1. The van der Waals surface area contributed by atoms with Crippen LogP contribution >= 0.6 is 0 Å².